The third-order valence-corrected chi connectivity index (χ3v) is 3.19. The summed E-state index contributed by atoms with van der Waals surface area (Å²) in [6.45, 7) is 7.20. The molecule has 0 atom stereocenters. The molecule has 18 heavy (non-hydrogen) atoms. The third kappa shape index (κ3) is 3.71. The molecule has 102 valence electrons. The summed E-state index contributed by atoms with van der Waals surface area (Å²) in [5.74, 6) is 1.30. The van der Waals surface area contributed by atoms with Crippen LogP contribution in [0.4, 0.5) is 0 Å². The maximum absolute atomic E-state index is 5.43. The Morgan fingerprint density at radius 2 is 1.33 bits per heavy atom. The van der Waals surface area contributed by atoms with E-state index in [9.17, 15) is 0 Å². The molecule has 0 aromatic heterocycles. The highest BCUT2D eigenvalue weighted by molar-refractivity contribution is 5.67. The molecule has 0 N–H and O–H groups in total. The number of hydrogen-bond donors (Lipinski definition) is 0. The van der Waals surface area contributed by atoms with Crippen LogP contribution in [0.3, 0.4) is 0 Å². The summed E-state index contributed by atoms with van der Waals surface area (Å²) in [5.41, 5.74) is 0. The van der Waals surface area contributed by atoms with Crippen molar-refractivity contribution < 1.29 is 14.0 Å². The third-order valence-electron chi connectivity index (χ3n) is 3.19. The molecule has 2 aliphatic rings. The largest absolute Gasteiger partial charge is 0.378 e. The van der Waals surface area contributed by atoms with Crippen LogP contribution in [0.2, 0.25) is 0 Å². The van der Waals surface area contributed by atoms with Gasteiger partial charge in [-0.1, -0.05) is 0 Å². The first-order chi connectivity index (χ1) is 8.77. The Morgan fingerprint density at radius 3 is 1.72 bits per heavy atom. The first-order valence-corrected chi connectivity index (χ1v) is 6.64. The lowest BCUT2D eigenvalue weighted by Crippen LogP contribution is -2.46. The standard InChI is InChI=1S/C13H24N3O2/c1-14(2)4-3-13(15-5-9-17-10-6-15)16-7-11-18-12-8-16/h3-4H,5-12H2,1-2H3/q+1. The number of allylic oxidation sites excluding steroid dienone is 1. The fourth-order valence-corrected chi connectivity index (χ4v) is 2.21. The minimum absolute atomic E-state index is 0.823. The van der Waals surface area contributed by atoms with E-state index in [1.165, 1.54) is 5.82 Å². The Kier molecular flexibility index (Phi) is 5.01. The lowest BCUT2D eigenvalue weighted by molar-refractivity contribution is -0.458. The molecule has 0 spiro atoms. The Bertz CT molecular complexity index is 292. The van der Waals surface area contributed by atoms with E-state index < -0.39 is 0 Å². The summed E-state index contributed by atoms with van der Waals surface area (Å²) in [7, 11) is 4.10. The molecule has 0 saturated carbocycles. The molecule has 0 radical (unpaired) electrons. The maximum atomic E-state index is 5.43. The molecule has 2 fully saturated rings. The van der Waals surface area contributed by atoms with E-state index in [0.717, 1.165) is 52.6 Å². The molecule has 0 aromatic rings. The predicted octanol–water partition coefficient (Wildman–Crippen LogP) is -0.165. The summed E-state index contributed by atoms with van der Waals surface area (Å²) >= 11 is 0. The van der Waals surface area contributed by atoms with Crippen molar-refractivity contribution in [1.29, 1.82) is 0 Å². The first kappa shape index (κ1) is 13.4. The Hall–Kier alpha value is -1.07. The summed E-state index contributed by atoms with van der Waals surface area (Å²) in [6.07, 6.45) is 4.32. The van der Waals surface area contributed by atoms with Gasteiger partial charge < -0.3 is 19.3 Å². The van der Waals surface area contributed by atoms with Crippen LogP contribution >= 0.6 is 0 Å². The van der Waals surface area contributed by atoms with Gasteiger partial charge in [0.1, 0.15) is 19.9 Å². The number of rotatable bonds is 3. The lowest BCUT2D eigenvalue weighted by atomic mass is 10.3. The fourth-order valence-electron chi connectivity index (χ4n) is 2.21. The number of nitrogens with zero attached hydrogens (tertiary/aromatic N) is 3. The highest BCUT2D eigenvalue weighted by atomic mass is 16.5. The molecule has 5 nitrogen and oxygen atoms in total. The maximum Gasteiger partial charge on any atom is 0.166 e. The summed E-state index contributed by atoms with van der Waals surface area (Å²) in [6, 6.07) is 0. The van der Waals surface area contributed by atoms with E-state index in [4.69, 9.17) is 9.47 Å². The molecule has 2 aliphatic heterocycles. The predicted molar refractivity (Wildman–Crippen MR) is 71.0 cm³/mol. The van der Waals surface area contributed by atoms with Crippen molar-refractivity contribution in [3.63, 3.8) is 0 Å². The van der Waals surface area contributed by atoms with Gasteiger partial charge in [0.25, 0.3) is 0 Å². The molecule has 5 heteroatoms. The first-order valence-electron chi connectivity index (χ1n) is 6.64. The second-order valence-electron chi connectivity index (χ2n) is 4.84. The van der Waals surface area contributed by atoms with Crippen LogP contribution in [0, 0.1) is 0 Å². The van der Waals surface area contributed by atoms with Crippen molar-refractivity contribution in [2.75, 3.05) is 66.7 Å². The zero-order chi connectivity index (χ0) is 12.8. The number of morpholine rings is 2. The molecule has 0 aromatic carbocycles. The van der Waals surface area contributed by atoms with Crippen molar-refractivity contribution in [3.05, 3.63) is 11.9 Å². The highest BCUT2D eigenvalue weighted by Gasteiger charge is 2.21. The van der Waals surface area contributed by atoms with Crippen LogP contribution in [0.5, 0.6) is 0 Å². The monoisotopic (exact) mass is 254 g/mol. The minimum Gasteiger partial charge on any atom is -0.378 e. The van der Waals surface area contributed by atoms with E-state index in [-0.39, 0.29) is 0 Å². The lowest BCUT2D eigenvalue weighted by Gasteiger charge is -2.39. The summed E-state index contributed by atoms with van der Waals surface area (Å²) in [5, 5.41) is 0. The van der Waals surface area contributed by atoms with Crippen molar-refractivity contribution in [2.24, 2.45) is 0 Å². The van der Waals surface area contributed by atoms with Crippen LogP contribution in [0.1, 0.15) is 0 Å². The van der Waals surface area contributed by atoms with Crippen molar-refractivity contribution >= 4 is 6.21 Å². The van der Waals surface area contributed by atoms with E-state index >= 15 is 0 Å². The van der Waals surface area contributed by atoms with E-state index in [0.29, 0.717) is 0 Å². The molecule has 2 heterocycles. The van der Waals surface area contributed by atoms with E-state index in [2.05, 4.69) is 26.7 Å². The summed E-state index contributed by atoms with van der Waals surface area (Å²) in [4.78, 5) is 4.82. The number of hydrogen-bond acceptors (Lipinski definition) is 4. The SMILES string of the molecule is C[N+](C)=CC=C(N1CCOCC1)N1CCOCC1. The van der Waals surface area contributed by atoms with E-state index in [1.807, 2.05) is 14.1 Å². The van der Waals surface area contributed by atoms with Gasteiger partial charge in [0.2, 0.25) is 0 Å². The molecular formula is C13H24N3O2+. The van der Waals surface area contributed by atoms with E-state index in [1.54, 1.807) is 0 Å². The van der Waals surface area contributed by atoms with Crippen molar-refractivity contribution in [2.45, 2.75) is 0 Å². The average Bonchev–Trinajstić information content (AvgIpc) is 2.41. The van der Waals surface area contributed by atoms with Gasteiger partial charge in [-0.15, -0.1) is 0 Å². The average molecular weight is 254 g/mol. The Morgan fingerprint density at radius 1 is 0.889 bits per heavy atom. The van der Waals surface area contributed by atoms with Crippen molar-refractivity contribution in [3.8, 4) is 0 Å². The topological polar surface area (TPSA) is 27.9 Å². The van der Waals surface area contributed by atoms with Crippen LogP contribution < -0.4 is 0 Å². The van der Waals surface area contributed by atoms with Gasteiger partial charge in [0.15, 0.2) is 6.21 Å². The van der Waals surface area contributed by atoms with Crippen molar-refractivity contribution in [1.82, 2.24) is 9.80 Å². The van der Waals surface area contributed by atoms with Gasteiger partial charge in [0, 0.05) is 32.3 Å². The molecule has 0 aliphatic carbocycles. The zero-order valence-corrected chi connectivity index (χ0v) is 11.5. The van der Waals surface area contributed by atoms with Crippen LogP contribution in [0.15, 0.2) is 11.9 Å². The van der Waals surface area contributed by atoms with Crippen LogP contribution in [-0.2, 0) is 9.47 Å². The Balaban J connectivity index is 2.10. The second-order valence-corrected chi connectivity index (χ2v) is 4.84. The van der Waals surface area contributed by atoms with Gasteiger partial charge in [-0.25, -0.2) is 4.58 Å². The van der Waals surface area contributed by atoms with Gasteiger partial charge in [-0.2, -0.15) is 0 Å². The molecule has 0 unspecified atom stereocenters. The second kappa shape index (κ2) is 6.75. The fraction of sp³-hybridized carbons (Fsp3) is 0.769. The van der Waals surface area contributed by atoms with Gasteiger partial charge in [-0.3, -0.25) is 0 Å². The molecule has 0 amide bonds. The van der Waals surface area contributed by atoms with Gasteiger partial charge in [-0.05, 0) is 0 Å². The van der Waals surface area contributed by atoms with Crippen LogP contribution in [0.25, 0.3) is 0 Å². The van der Waals surface area contributed by atoms with Crippen LogP contribution in [-0.4, -0.2) is 87.3 Å². The minimum atomic E-state index is 0.823. The molecule has 2 rings (SSSR count). The molecule has 0 bridgehead atoms. The summed E-state index contributed by atoms with van der Waals surface area (Å²) < 4.78 is 12.9. The Labute approximate surface area is 109 Å². The van der Waals surface area contributed by atoms with Gasteiger partial charge in [0.05, 0.1) is 26.4 Å². The molecular weight excluding hydrogens is 230 g/mol. The smallest absolute Gasteiger partial charge is 0.166 e. The normalized spacial score (nSPS) is 20.6. The molecule has 2 saturated heterocycles. The zero-order valence-electron chi connectivity index (χ0n) is 11.5. The quantitative estimate of drug-likeness (QED) is 0.516. The van der Waals surface area contributed by atoms with Gasteiger partial charge >= 0.3 is 0 Å². The number of ether oxygens (including phenoxy) is 2. The highest BCUT2D eigenvalue weighted by Crippen LogP contribution is 2.14.